The summed E-state index contributed by atoms with van der Waals surface area (Å²) in [7, 11) is -5.20. The van der Waals surface area contributed by atoms with Crippen molar-refractivity contribution in [3.63, 3.8) is 0 Å². The SMILES string of the molecule is Cc1cc(C(C)(C)C)cc(C(C)(C)C)c1CCP(O)(O)(O)c1c(C)cc(C(C)(C)C)cc1C(C)(C)C. The van der Waals surface area contributed by atoms with E-state index in [0.717, 1.165) is 27.8 Å². The summed E-state index contributed by atoms with van der Waals surface area (Å²) in [4.78, 5) is 35.2. The Morgan fingerprint density at radius 1 is 0.556 bits per heavy atom. The van der Waals surface area contributed by atoms with Crippen LogP contribution in [0.4, 0.5) is 0 Å². The van der Waals surface area contributed by atoms with Crippen LogP contribution in [-0.4, -0.2) is 20.8 Å². The third-order valence-electron chi connectivity index (χ3n) is 7.35. The first-order valence-corrected chi connectivity index (χ1v) is 15.6. The molecular formula is C32H53O3P. The van der Waals surface area contributed by atoms with E-state index in [1.165, 1.54) is 11.1 Å². The molecule has 0 saturated heterocycles. The molecule has 0 atom stereocenters. The van der Waals surface area contributed by atoms with Crippen LogP contribution in [0.1, 0.15) is 122 Å². The molecule has 2 aromatic rings. The predicted molar refractivity (Wildman–Crippen MR) is 159 cm³/mol. The van der Waals surface area contributed by atoms with E-state index in [1.807, 2.05) is 13.0 Å². The fraction of sp³-hybridized carbons (Fsp3) is 0.625. The minimum atomic E-state index is -5.20. The molecule has 0 bridgehead atoms. The molecule has 0 aliphatic carbocycles. The number of hydrogen-bond acceptors (Lipinski definition) is 3. The van der Waals surface area contributed by atoms with Crippen LogP contribution in [0.25, 0.3) is 0 Å². The first kappa shape index (κ1) is 31.0. The molecule has 2 aromatic carbocycles. The number of rotatable bonds is 4. The van der Waals surface area contributed by atoms with Gasteiger partial charge in [0.05, 0.1) is 0 Å². The summed E-state index contributed by atoms with van der Waals surface area (Å²) >= 11 is 0. The average Bonchev–Trinajstić information content (AvgIpc) is 2.62. The summed E-state index contributed by atoms with van der Waals surface area (Å²) in [6.45, 7) is 29.9. The molecule has 36 heavy (non-hydrogen) atoms. The number of hydrogen-bond donors (Lipinski definition) is 3. The molecule has 0 unspecified atom stereocenters. The van der Waals surface area contributed by atoms with Crippen molar-refractivity contribution in [1.29, 1.82) is 0 Å². The Morgan fingerprint density at radius 3 is 1.33 bits per heavy atom. The van der Waals surface area contributed by atoms with Gasteiger partial charge in [0.25, 0.3) is 0 Å². The molecule has 0 aromatic heterocycles. The Hall–Kier alpha value is -1.25. The van der Waals surface area contributed by atoms with Gasteiger partial charge in [-0.15, -0.1) is 0 Å². The Labute approximate surface area is 221 Å². The van der Waals surface area contributed by atoms with E-state index < -0.39 is 7.28 Å². The van der Waals surface area contributed by atoms with Gasteiger partial charge in [0.15, 0.2) is 0 Å². The molecule has 204 valence electrons. The van der Waals surface area contributed by atoms with Crippen molar-refractivity contribution in [3.05, 3.63) is 63.2 Å². The van der Waals surface area contributed by atoms with Gasteiger partial charge in [0.2, 0.25) is 0 Å². The summed E-state index contributed by atoms with van der Waals surface area (Å²) in [5, 5.41) is 0.336. The molecule has 0 spiro atoms. The fourth-order valence-electron chi connectivity index (χ4n) is 5.07. The molecule has 2 rings (SSSR count). The Bertz CT molecular complexity index is 1120. The van der Waals surface area contributed by atoms with E-state index in [9.17, 15) is 14.7 Å². The number of aryl methyl sites for hydroxylation is 2. The quantitative estimate of drug-likeness (QED) is 0.366. The molecule has 0 amide bonds. The molecule has 0 fully saturated rings. The topological polar surface area (TPSA) is 60.7 Å². The molecule has 0 saturated carbocycles. The van der Waals surface area contributed by atoms with Gasteiger partial charge in [-0.05, 0) is 0 Å². The first-order valence-electron chi connectivity index (χ1n) is 13.3. The second-order valence-corrected chi connectivity index (χ2v) is 18.3. The van der Waals surface area contributed by atoms with E-state index in [4.69, 9.17) is 0 Å². The van der Waals surface area contributed by atoms with Crippen LogP contribution in [0.3, 0.4) is 0 Å². The molecule has 0 radical (unpaired) electrons. The fourth-order valence-corrected chi connectivity index (χ4v) is 7.61. The minimum absolute atomic E-state index is 0.0148. The first-order chi connectivity index (χ1) is 15.7. The second kappa shape index (κ2) is 9.19. The van der Waals surface area contributed by atoms with Gasteiger partial charge >= 0.3 is 222 Å². The van der Waals surface area contributed by atoms with Crippen LogP contribution in [-0.2, 0) is 28.1 Å². The van der Waals surface area contributed by atoms with Gasteiger partial charge in [0, 0.05) is 0 Å². The predicted octanol–water partition coefficient (Wildman–Crippen LogP) is 7.64. The zero-order chi connectivity index (χ0) is 28.3. The molecule has 0 aliphatic rings. The van der Waals surface area contributed by atoms with Crippen molar-refractivity contribution in [1.82, 2.24) is 0 Å². The standard InChI is InChI=1S/C32H53O3P/c1-21-17-23(29(3,4)5)19-26(31(9,10)11)25(21)15-16-36(33,34,35)28-22(2)18-24(30(6,7)8)20-27(28)32(12,13)14/h17-20,33-35H,15-16H2,1-14H3. The Balaban J connectivity index is 2.70. The summed E-state index contributed by atoms with van der Waals surface area (Å²) < 4.78 is 0. The van der Waals surface area contributed by atoms with Gasteiger partial charge in [0.1, 0.15) is 0 Å². The third-order valence-corrected chi connectivity index (χ3v) is 9.91. The molecule has 0 heterocycles. The summed E-state index contributed by atoms with van der Waals surface area (Å²) in [5.41, 5.74) is 6.85. The average molecular weight is 517 g/mol. The van der Waals surface area contributed by atoms with Crippen LogP contribution < -0.4 is 5.30 Å². The van der Waals surface area contributed by atoms with E-state index in [2.05, 4.69) is 108 Å². The van der Waals surface area contributed by atoms with Crippen LogP contribution in [0, 0.1) is 13.8 Å². The summed E-state index contributed by atoms with van der Waals surface area (Å²) in [5.74, 6) is 0. The van der Waals surface area contributed by atoms with E-state index in [0.29, 0.717) is 11.7 Å². The molecule has 3 nitrogen and oxygen atoms in total. The van der Waals surface area contributed by atoms with Crippen molar-refractivity contribution < 1.29 is 14.7 Å². The van der Waals surface area contributed by atoms with E-state index in [-0.39, 0.29) is 27.8 Å². The normalized spacial score (nSPS) is 15.1. The number of benzene rings is 2. The Kier molecular flexibility index (Phi) is 7.91. The van der Waals surface area contributed by atoms with Crippen LogP contribution in [0.5, 0.6) is 0 Å². The van der Waals surface area contributed by atoms with Crippen molar-refractivity contribution >= 4 is 12.6 Å². The maximum absolute atomic E-state index is 11.7. The molecule has 3 N–H and O–H groups in total. The van der Waals surface area contributed by atoms with Gasteiger partial charge in [-0.3, -0.25) is 0 Å². The van der Waals surface area contributed by atoms with Crippen molar-refractivity contribution in [3.8, 4) is 0 Å². The van der Waals surface area contributed by atoms with Crippen LogP contribution in [0.15, 0.2) is 24.3 Å². The van der Waals surface area contributed by atoms with Gasteiger partial charge in [-0.25, -0.2) is 0 Å². The van der Waals surface area contributed by atoms with Crippen molar-refractivity contribution in [2.24, 2.45) is 0 Å². The monoisotopic (exact) mass is 516 g/mol. The van der Waals surface area contributed by atoms with Crippen molar-refractivity contribution in [2.45, 2.75) is 125 Å². The second-order valence-electron chi connectivity index (χ2n) is 15.1. The third kappa shape index (κ3) is 6.79. The van der Waals surface area contributed by atoms with Gasteiger partial charge in [-0.2, -0.15) is 0 Å². The molecular weight excluding hydrogens is 463 g/mol. The Morgan fingerprint density at radius 2 is 0.944 bits per heavy atom. The maximum atomic E-state index is 11.7. The van der Waals surface area contributed by atoms with Crippen LogP contribution >= 0.6 is 7.28 Å². The van der Waals surface area contributed by atoms with Crippen LogP contribution in [0.2, 0.25) is 0 Å². The van der Waals surface area contributed by atoms with Crippen molar-refractivity contribution in [2.75, 3.05) is 6.16 Å². The zero-order valence-corrected chi connectivity index (χ0v) is 26.4. The molecule has 4 heteroatoms. The van der Waals surface area contributed by atoms with E-state index >= 15 is 0 Å². The van der Waals surface area contributed by atoms with Gasteiger partial charge in [-0.1, -0.05) is 0 Å². The van der Waals surface area contributed by atoms with Gasteiger partial charge < -0.3 is 0 Å². The summed E-state index contributed by atoms with van der Waals surface area (Å²) in [6.07, 6.45) is 0.303. The zero-order valence-electron chi connectivity index (χ0n) is 25.5. The molecule has 0 aliphatic heterocycles. The summed E-state index contributed by atoms with van der Waals surface area (Å²) in [6, 6.07) is 8.57. The van der Waals surface area contributed by atoms with E-state index in [1.54, 1.807) is 0 Å².